The summed E-state index contributed by atoms with van der Waals surface area (Å²) in [4.78, 5) is 15.2. The minimum absolute atomic E-state index is 0.156. The second kappa shape index (κ2) is 9.92. The molecule has 2 aliphatic rings. The van der Waals surface area contributed by atoms with E-state index in [-0.39, 0.29) is 16.8 Å². The molecule has 2 aromatic rings. The molecule has 172 valence electrons. The van der Waals surface area contributed by atoms with Crippen LogP contribution >= 0.6 is 0 Å². The van der Waals surface area contributed by atoms with E-state index in [4.69, 9.17) is 0 Å². The lowest BCUT2D eigenvalue weighted by atomic mass is 10.1. The number of benzene rings is 2. The van der Waals surface area contributed by atoms with Gasteiger partial charge in [-0.1, -0.05) is 31.9 Å². The van der Waals surface area contributed by atoms with Crippen molar-refractivity contribution >= 4 is 27.3 Å². The SMILES string of the molecule is CCc1ccc(S(=O)(=O)Nc2cc(C(=O)NC3CCCC3)ccc2N2CCNCC2)cc1. The van der Waals surface area contributed by atoms with Crippen LogP contribution in [0, 0.1) is 0 Å². The molecule has 2 fully saturated rings. The number of piperazine rings is 1. The molecule has 0 atom stereocenters. The lowest BCUT2D eigenvalue weighted by molar-refractivity contribution is 0.0938. The molecule has 1 heterocycles. The molecule has 0 bridgehead atoms. The molecule has 1 amide bonds. The number of amides is 1. The van der Waals surface area contributed by atoms with Gasteiger partial charge in [0.15, 0.2) is 0 Å². The van der Waals surface area contributed by atoms with E-state index in [9.17, 15) is 13.2 Å². The standard InChI is InChI=1S/C24H32N4O3S/c1-2-18-7-10-21(11-8-18)32(30,31)27-22-17-19(24(29)26-20-5-3-4-6-20)9-12-23(22)28-15-13-25-14-16-28/h7-12,17,20,25,27H,2-6,13-16H2,1H3,(H,26,29). The summed E-state index contributed by atoms with van der Waals surface area (Å²) in [7, 11) is -3.79. The van der Waals surface area contributed by atoms with Crippen LogP contribution in [-0.2, 0) is 16.4 Å². The molecule has 0 unspecified atom stereocenters. The summed E-state index contributed by atoms with van der Waals surface area (Å²) in [6, 6.07) is 12.4. The average Bonchev–Trinajstić information content (AvgIpc) is 3.32. The first-order valence-electron chi connectivity index (χ1n) is 11.5. The van der Waals surface area contributed by atoms with Crippen LogP contribution in [0.15, 0.2) is 47.4 Å². The number of hydrogen-bond acceptors (Lipinski definition) is 5. The Morgan fingerprint density at radius 3 is 2.41 bits per heavy atom. The third-order valence-corrected chi connectivity index (χ3v) is 7.67. The number of hydrogen-bond donors (Lipinski definition) is 3. The van der Waals surface area contributed by atoms with Gasteiger partial charge in [0.2, 0.25) is 0 Å². The Bertz CT molecular complexity index is 1040. The highest BCUT2D eigenvalue weighted by molar-refractivity contribution is 7.92. The van der Waals surface area contributed by atoms with Crippen LogP contribution in [0.3, 0.4) is 0 Å². The first-order chi connectivity index (χ1) is 15.5. The Labute approximate surface area is 190 Å². The predicted molar refractivity (Wildman–Crippen MR) is 128 cm³/mol. The molecular formula is C24H32N4O3S. The van der Waals surface area contributed by atoms with E-state index in [1.54, 1.807) is 24.3 Å². The molecule has 1 aliphatic heterocycles. The molecule has 7 nitrogen and oxygen atoms in total. The molecule has 3 N–H and O–H groups in total. The Morgan fingerprint density at radius 2 is 1.75 bits per heavy atom. The topological polar surface area (TPSA) is 90.5 Å². The van der Waals surface area contributed by atoms with E-state index in [1.165, 1.54) is 0 Å². The third kappa shape index (κ3) is 5.24. The fraction of sp³-hybridized carbons (Fsp3) is 0.458. The normalized spacial score (nSPS) is 17.3. The summed E-state index contributed by atoms with van der Waals surface area (Å²) in [5.41, 5.74) is 2.77. The Hall–Kier alpha value is -2.58. The first kappa shape index (κ1) is 22.6. The van der Waals surface area contributed by atoms with Crippen LogP contribution in [0.25, 0.3) is 0 Å². The molecule has 1 saturated carbocycles. The van der Waals surface area contributed by atoms with Gasteiger partial charge >= 0.3 is 0 Å². The van der Waals surface area contributed by atoms with E-state index >= 15 is 0 Å². The summed E-state index contributed by atoms with van der Waals surface area (Å²) in [6.45, 7) is 5.23. The molecule has 0 aromatic heterocycles. The number of sulfonamides is 1. The highest BCUT2D eigenvalue weighted by Gasteiger charge is 2.23. The second-order valence-corrected chi connectivity index (χ2v) is 10.2. The van der Waals surface area contributed by atoms with Crippen molar-refractivity contribution in [1.29, 1.82) is 0 Å². The number of anilines is 2. The highest BCUT2D eigenvalue weighted by Crippen LogP contribution is 2.30. The van der Waals surface area contributed by atoms with E-state index in [0.717, 1.165) is 69.5 Å². The van der Waals surface area contributed by atoms with Crippen LogP contribution in [0.5, 0.6) is 0 Å². The van der Waals surface area contributed by atoms with E-state index in [1.807, 2.05) is 25.1 Å². The van der Waals surface area contributed by atoms with Gasteiger partial charge in [-0.05, 0) is 55.2 Å². The summed E-state index contributed by atoms with van der Waals surface area (Å²) < 4.78 is 29.1. The van der Waals surface area contributed by atoms with Crippen molar-refractivity contribution in [3.05, 3.63) is 53.6 Å². The van der Waals surface area contributed by atoms with E-state index in [0.29, 0.717) is 11.3 Å². The summed E-state index contributed by atoms with van der Waals surface area (Å²) in [5, 5.41) is 6.40. The molecular weight excluding hydrogens is 424 g/mol. The van der Waals surface area contributed by atoms with E-state index in [2.05, 4.69) is 20.3 Å². The number of aryl methyl sites for hydroxylation is 1. The Kier molecular flexibility index (Phi) is 7.01. The van der Waals surface area contributed by atoms with Gasteiger partial charge in [-0.3, -0.25) is 9.52 Å². The number of carbonyl (C=O) groups excluding carboxylic acids is 1. The van der Waals surface area contributed by atoms with Crippen molar-refractivity contribution in [3.63, 3.8) is 0 Å². The minimum Gasteiger partial charge on any atom is -0.367 e. The van der Waals surface area contributed by atoms with Crippen molar-refractivity contribution in [1.82, 2.24) is 10.6 Å². The van der Waals surface area contributed by atoms with Gasteiger partial charge in [-0.15, -0.1) is 0 Å². The number of nitrogens with one attached hydrogen (secondary N) is 3. The van der Waals surface area contributed by atoms with Crippen molar-refractivity contribution in [2.24, 2.45) is 0 Å². The second-order valence-electron chi connectivity index (χ2n) is 8.53. The Balaban J connectivity index is 1.63. The molecule has 32 heavy (non-hydrogen) atoms. The number of rotatable bonds is 7. The van der Waals surface area contributed by atoms with Gasteiger partial charge in [0.1, 0.15) is 0 Å². The molecule has 4 rings (SSSR count). The average molecular weight is 457 g/mol. The zero-order chi connectivity index (χ0) is 22.6. The van der Waals surface area contributed by atoms with Crippen molar-refractivity contribution in [2.45, 2.75) is 50.0 Å². The van der Waals surface area contributed by atoms with Gasteiger partial charge < -0.3 is 15.5 Å². The molecule has 8 heteroatoms. The van der Waals surface area contributed by atoms with Gasteiger partial charge in [-0.25, -0.2) is 8.42 Å². The van der Waals surface area contributed by atoms with Crippen LogP contribution in [-0.4, -0.2) is 46.5 Å². The maximum atomic E-state index is 13.2. The summed E-state index contributed by atoms with van der Waals surface area (Å²) in [6.07, 6.45) is 5.11. The van der Waals surface area contributed by atoms with Crippen molar-refractivity contribution in [3.8, 4) is 0 Å². The predicted octanol–water partition coefficient (Wildman–Crippen LogP) is 3.13. The largest absolute Gasteiger partial charge is 0.367 e. The van der Waals surface area contributed by atoms with Gasteiger partial charge in [0.05, 0.1) is 16.3 Å². The molecule has 2 aromatic carbocycles. The van der Waals surface area contributed by atoms with Gasteiger partial charge in [0, 0.05) is 37.8 Å². The number of carbonyl (C=O) groups is 1. The van der Waals surface area contributed by atoms with Crippen LogP contribution in [0.2, 0.25) is 0 Å². The maximum Gasteiger partial charge on any atom is 0.261 e. The highest BCUT2D eigenvalue weighted by atomic mass is 32.2. The monoisotopic (exact) mass is 456 g/mol. The molecule has 0 radical (unpaired) electrons. The fourth-order valence-corrected chi connectivity index (χ4v) is 5.45. The molecule has 1 aliphatic carbocycles. The van der Waals surface area contributed by atoms with Gasteiger partial charge in [0.25, 0.3) is 15.9 Å². The van der Waals surface area contributed by atoms with Gasteiger partial charge in [-0.2, -0.15) is 0 Å². The lowest BCUT2D eigenvalue weighted by Gasteiger charge is -2.31. The van der Waals surface area contributed by atoms with Crippen molar-refractivity contribution in [2.75, 3.05) is 35.8 Å². The minimum atomic E-state index is -3.79. The van der Waals surface area contributed by atoms with E-state index < -0.39 is 10.0 Å². The third-order valence-electron chi connectivity index (χ3n) is 6.29. The van der Waals surface area contributed by atoms with Crippen LogP contribution < -0.4 is 20.3 Å². The summed E-state index contributed by atoms with van der Waals surface area (Å²) in [5.74, 6) is -0.156. The molecule has 0 spiro atoms. The van der Waals surface area contributed by atoms with Crippen LogP contribution in [0.1, 0.15) is 48.5 Å². The van der Waals surface area contributed by atoms with Crippen LogP contribution in [0.4, 0.5) is 11.4 Å². The first-order valence-corrected chi connectivity index (χ1v) is 13.0. The quantitative estimate of drug-likeness (QED) is 0.596. The Morgan fingerprint density at radius 1 is 1.06 bits per heavy atom. The zero-order valence-corrected chi connectivity index (χ0v) is 19.4. The van der Waals surface area contributed by atoms with Crippen molar-refractivity contribution < 1.29 is 13.2 Å². The molecule has 1 saturated heterocycles. The fourth-order valence-electron chi connectivity index (χ4n) is 4.39. The smallest absolute Gasteiger partial charge is 0.261 e. The maximum absolute atomic E-state index is 13.2. The zero-order valence-electron chi connectivity index (χ0n) is 18.6. The number of nitrogens with zero attached hydrogens (tertiary/aromatic N) is 1. The summed E-state index contributed by atoms with van der Waals surface area (Å²) >= 11 is 0. The lowest BCUT2D eigenvalue weighted by Crippen LogP contribution is -2.43.